The number of carboxylic acids is 1. The lowest BCUT2D eigenvalue weighted by Gasteiger charge is -2.34. The van der Waals surface area contributed by atoms with E-state index in [4.69, 9.17) is 37.9 Å². The highest BCUT2D eigenvalue weighted by atomic mass is 35.5. The van der Waals surface area contributed by atoms with Crippen molar-refractivity contribution in [3.05, 3.63) is 147 Å². The number of carboxylic acid groups (broad SMARTS) is 1. The molecule has 0 aliphatic carbocycles. The summed E-state index contributed by atoms with van der Waals surface area (Å²) >= 11 is 12.1. The smallest absolute Gasteiger partial charge is 0.326 e. The van der Waals surface area contributed by atoms with E-state index in [9.17, 15) is 19.5 Å². The van der Waals surface area contributed by atoms with Gasteiger partial charge in [0.2, 0.25) is 12.0 Å². The number of nitrogens with one attached hydrogen (secondary N) is 2. The quantitative estimate of drug-likeness (QED) is 0.138. The fourth-order valence-electron chi connectivity index (χ4n) is 6.57. The zero-order chi connectivity index (χ0) is 37.9. The molecule has 5 aromatic rings. The van der Waals surface area contributed by atoms with Crippen LogP contribution in [0.15, 0.2) is 103 Å². The van der Waals surface area contributed by atoms with Crippen molar-refractivity contribution in [2.24, 2.45) is 0 Å². The van der Waals surface area contributed by atoms with Gasteiger partial charge in [-0.2, -0.15) is 5.26 Å². The van der Waals surface area contributed by atoms with E-state index in [0.717, 1.165) is 33.4 Å². The summed E-state index contributed by atoms with van der Waals surface area (Å²) in [6, 6.07) is 31.2. The van der Waals surface area contributed by atoms with Crippen molar-refractivity contribution in [1.29, 1.82) is 5.26 Å². The van der Waals surface area contributed by atoms with Crippen LogP contribution in [0.4, 0.5) is 5.69 Å². The molecule has 0 aromatic heterocycles. The summed E-state index contributed by atoms with van der Waals surface area (Å²) in [5.74, 6) is -0.650. The molecule has 0 fully saturated rings. The normalized spacial score (nSPS) is 16.6. The molecule has 3 unspecified atom stereocenters. The molecule has 0 radical (unpaired) electrons. The topological polar surface area (TPSA) is 141 Å². The van der Waals surface area contributed by atoms with Crippen LogP contribution < -0.4 is 25.0 Å². The Hall–Kier alpha value is -5.86. The fraction of sp³-hybridized carbons (Fsp3) is 0.190. The van der Waals surface area contributed by atoms with Gasteiger partial charge >= 0.3 is 5.97 Å². The van der Waals surface area contributed by atoms with Crippen LogP contribution in [0, 0.1) is 11.3 Å². The first kappa shape index (κ1) is 36.5. The third-order valence-electron chi connectivity index (χ3n) is 9.65. The van der Waals surface area contributed by atoms with E-state index >= 15 is 0 Å². The Labute approximate surface area is 321 Å². The van der Waals surface area contributed by atoms with Crippen molar-refractivity contribution in [2.75, 3.05) is 11.9 Å². The third kappa shape index (κ3) is 7.89. The summed E-state index contributed by atoms with van der Waals surface area (Å²) in [7, 11) is 1.69. The molecule has 2 amide bonds. The first-order chi connectivity index (χ1) is 26.1. The van der Waals surface area contributed by atoms with E-state index in [-0.39, 0.29) is 12.3 Å². The van der Waals surface area contributed by atoms with Gasteiger partial charge in [-0.25, -0.2) is 4.79 Å². The molecule has 272 valence electrons. The van der Waals surface area contributed by atoms with Gasteiger partial charge in [-0.05, 0) is 88.3 Å². The Bertz CT molecular complexity index is 2270. The van der Waals surface area contributed by atoms with Crippen LogP contribution in [0.1, 0.15) is 39.5 Å². The number of amides is 2. The lowest BCUT2D eigenvalue weighted by atomic mass is 9.93. The third-order valence-corrected chi connectivity index (χ3v) is 10.4. The molecule has 2 aliphatic rings. The van der Waals surface area contributed by atoms with Crippen molar-refractivity contribution in [1.82, 2.24) is 10.6 Å². The molecule has 10 nitrogen and oxygen atoms in total. The summed E-state index contributed by atoms with van der Waals surface area (Å²) in [6.07, 6.45) is -0.458. The number of fused-ring (bicyclic) bond motifs is 2. The van der Waals surface area contributed by atoms with Gasteiger partial charge in [0, 0.05) is 25.6 Å². The molecule has 5 aromatic carbocycles. The van der Waals surface area contributed by atoms with Crippen molar-refractivity contribution < 1.29 is 29.0 Å². The number of hydrogen-bond donors (Lipinski definition) is 3. The van der Waals surface area contributed by atoms with Crippen LogP contribution in [-0.4, -0.2) is 42.0 Å². The number of nitrogens with zero attached hydrogens (tertiary/aromatic N) is 2. The average Bonchev–Trinajstić information content (AvgIpc) is 3.19. The molecular formula is C42H34Cl2N4O6. The maximum absolute atomic E-state index is 13.5. The lowest BCUT2D eigenvalue weighted by molar-refractivity contribution is -0.142. The molecule has 7 rings (SSSR count). The molecule has 3 N–H and O–H groups in total. The van der Waals surface area contributed by atoms with E-state index in [2.05, 4.69) is 16.7 Å². The Morgan fingerprint density at radius 2 is 1.63 bits per heavy atom. The minimum absolute atomic E-state index is 0.103. The Kier molecular flexibility index (Phi) is 10.6. The van der Waals surface area contributed by atoms with Crippen LogP contribution in [-0.2, 0) is 40.4 Å². The van der Waals surface area contributed by atoms with Crippen molar-refractivity contribution in [3.63, 3.8) is 0 Å². The number of ether oxygens (including phenoxy) is 2. The molecule has 54 heavy (non-hydrogen) atoms. The van der Waals surface area contributed by atoms with Crippen LogP contribution >= 0.6 is 23.2 Å². The monoisotopic (exact) mass is 760 g/mol. The van der Waals surface area contributed by atoms with Crippen LogP contribution in [0.5, 0.6) is 11.5 Å². The molecule has 2 heterocycles. The number of aliphatic carboxylic acids is 1. The number of rotatable bonds is 10. The number of anilines is 1. The number of benzene rings is 5. The molecule has 3 atom stereocenters. The molecule has 0 bridgehead atoms. The summed E-state index contributed by atoms with van der Waals surface area (Å²) in [5.41, 5.74) is 7.09. The Balaban J connectivity index is 0.979. The summed E-state index contributed by atoms with van der Waals surface area (Å²) in [5, 5.41) is 25.9. The van der Waals surface area contributed by atoms with E-state index < -0.39 is 30.1 Å². The largest absolute Gasteiger partial charge is 0.489 e. The van der Waals surface area contributed by atoms with E-state index in [1.165, 1.54) is 0 Å². The SMILES string of the molecule is CN1C(=O)C(c2ccc(OCc3ccc(Cl)c(Cl)c3)cc2)Oc2cc3c(cc21)CC(C(=O)NC(Cc1ccc(-c2ccc(C#N)cc2)cc1)C(=O)O)NC3. The first-order valence-electron chi connectivity index (χ1n) is 17.2. The number of likely N-dealkylation sites (N-methyl/N-ethyl adjacent to an activating group) is 1. The number of carbonyl (C=O) groups is 3. The van der Waals surface area contributed by atoms with Crippen molar-refractivity contribution in [2.45, 2.75) is 44.2 Å². The van der Waals surface area contributed by atoms with Crippen molar-refractivity contribution >= 4 is 46.7 Å². The van der Waals surface area contributed by atoms with E-state index in [1.54, 1.807) is 60.5 Å². The van der Waals surface area contributed by atoms with Crippen molar-refractivity contribution in [3.8, 4) is 28.7 Å². The van der Waals surface area contributed by atoms with Gasteiger partial charge in [-0.1, -0.05) is 77.8 Å². The minimum atomic E-state index is -1.14. The first-order valence-corrected chi connectivity index (χ1v) is 17.9. The second-order valence-electron chi connectivity index (χ2n) is 13.2. The van der Waals surface area contributed by atoms with Gasteiger partial charge in [0.15, 0.2) is 0 Å². The van der Waals surface area contributed by atoms with E-state index in [1.807, 2.05) is 54.6 Å². The van der Waals surface area contributed by atoms with Gasteiger partial charge in [0.1, 0.15) is 24.1 Å². The Morgan fingerprint density at radius 3 is 2.30 bits per heavy atom. The molecule has 2 aliphatic heterocycles. The summed E-state index contributed by atoms with van der Waals surface area (Å²) in [4.78, 5) is 40.7. The second-order valence-corrected chi connectivity index (χ2v) is 14.0. The van der Waals surface area contributed by atoms with Gasteiger partial charge in [0.05, 0.1) is 33.4 Å². The maximum Gasteiger partial charge on any atom is 0.326 e. The van der Waals surface area contributed by atoms with E-state index in [0.29, 0.717) is 57.9 Å². The van der Waals surface area contributed by atoms with Crippen LogP contribution in [0.25, 0.3) is 11.1 Å². The highest BCUT2D eigenvalue weighted by molar-refractivity contribution is 6.42. The average molecular weight is 762 g/mol. The standard InChI is InChI=1S/C42H34Cl2N4O6/c1-48-37-19-30-18-35(40(49)47-36(42(51)52)17-24-2-7-27(8-3-24)28-9-4-25(21-45)5-10-28)46-22-31(30)20-38(37)54-39(41(48)50)29-11-13-32(14-12-29)53-23-26-6-15-33(43)34(44)16-26/h2-16,19-20,35-36,39,46H,17-18,22-23H2,1H3,(H,47,49)(H,51,52). The molecule has 0 saturated heterocycles. The minimum Gasteiger partial charge on any atom is -0.489 e. The number of carbonyl (C=O) groups excluding carboxylic acids is 2. The number of halogens is 2. The second kappa shape index (κ2) is 15.6. The zero-order valence-electron chi connectivity index (χ0n) is 29.0. The number of hydrogen-bond acceptors (Lipinski definition) is 7. The molecule has 0 saturated carbocycles. The fourth-order valence-corrected chi connectivity index (χ4v) is 6.89. The highest BCUT2D eigenvalue weighted by Crippen LogP contribution is 2.41. The number of nitriles is 1. The molecule has 0 spiro atoms. The maximum atomic E-state index is 13.5. The summed E-state index contributed by atoms with van der Waals surface area (Å²) < 4.78 is 12.2. The predicted molar refractivity (Wildman–Crippen MR) is 205 cm³/mol. The molecule has 12 heteroatoms. The molecular weight excluding hydrogens is 727 g/mol. The van der Waals surface area contributed by atoms with Gasteiger partial charge < -0.3 is 30.1 Å². The van der Waals surface area contributed by atoms with Gasteiger partial charge in [-0.15, -0.1) is 0 Å². The predicted octanol–water partition coefficient (Wildman–Crippen LogP) is 7.03. The van der Waals surface area contributed by atoms with Gasteiger partial charge in [-0.3, -0.25) is 9.59 Å². The lowest BCUT2D eigenvalue weighted by Crippen LogP contribution is -2.53. The highest BCUT2D eigenvalue weighted by Gasteiger charge is 2.36. The van der Waals surface area contributed by atoms with Crippen LogP contribution in [0.2, 0.25) is 10.0 Å². The van der Waals surface area contributed by atoms with Crippen LogP contribution in [0.3, 0.4) is 0 Å². The summed E-state index contributed by atoms with van der Waals surface area (Å²) in [6.45, 7) is 0.649. The Morgan fingerprint density at radius 1 is 0.944 bits per heavy atom. The zero-order valence-corrected chi connectivity index (χ0v) is 30.5. The van der Waals surface area contributed by atoms with Gasteiger partial charge in [0.25, 0.3) is 5.91 Å².